The van der Waals surface area contributed by atoms with Crippen LogP contribution in [0.1, 0.15) is 33.6 Å². The number of aromatic nitrogens is 1. The van der Waals surface area contributed by atoms with Crippen LogP contribution in [0.4, 0.5) is 5.69 Å². The number of anilines is 1. The standard InChI is InChI=1S/C18H19N3O4/c1-24-14-5-6-16(25-2)15(8-14)21-18(23)12-7-11(9-19-10-12)17(22)20-13-3-4-13/h5-10,13H,3-4H2,1-2H3,(H,20,22)(H,21,23). The summed E-state index contributed by atoms with van der Waals surface area (Å²) in [6.45, 7) is 0. The third kappa shape index (κ3) is 4.06. The van der Waals surface area contributed by atoms with Crippen molar-refractivity contribution in [2.75, 3.05) is 19.5 Å². The zero-order valence-electron chi connectivity index (χ0n) is 14.0. The maximum atomic E-state index is 12.5. The third-order valence-corrected chi connectivity index (χ3v) is 3.83. The van der Waals surface area contributed by atoms with Crippen LogP contribution in [0.5, 0.6) is 11.5 Å². The van der Waals surface area contributed by atoms with Crippen LogP contribution in [0.25, 0.3) is 0 Å². The predicted molar refractivity (Wildman–Crippen MR) is 92.2 cm³/mol. The van der Waals surface area contributed by atoms with Gasteiger partial charge in [0.05, 0.1) is 31.0 Å². The first-order chi connectivity index (χ1) is 12.1. The first-order valence-corrected chi connectivity index (χ1v) is 7.90. The molecule has 1 aliphatic rings. The number of hydrogen-bond acceptors (Lipinski definition) is 5. The van der Waals surface area contributed by atoms with Gasteiger partial charge in [0, 0.05) is 24.5 Å². The summed E-state index contributed by atoms with van der Waals surface area (Å²) in [5, 5.41) is 5.63. The number of ether oxygens (including phenoxy) is 2. The van der Waals surface area contributed by atoms with Crippen molar-refractivity contribution in [3.05, 3.63) is 47.8 Å². The average molecular weight is 341 g/mol. The lowest BCUT2D eigenvalue weighted by Gasteiger charge is -2.12. The first kappa shape index (κ1) is 16.8. The van der Waals surface area contributed by atoms with Crippen LogP contribution in [0.3, 0.4) is 0 Å². The smallest absolute Gasteiger partial charge is 0.257 e. The highest BCUT2D eigenvalue weighted by Crippen LogP contribution is 2.29. The molecule has 1 aliphatic carbocycles. The number of nitrogens with one attached hydrogen (secondary N) is 2. The van der Waals surface area contributed by atoms with Crippen molar-refractivity contribution in [1.82, 2.24) is 10.3 Å². The molecule has 2 aromatic rings. The van der Waals surface area contributed by atoms with Crippen LogP contribution in [0.2, 0.25) is 0 Å². The Morgan fingerprint density at radius 3 is 2.40 bits per heavy atom. The Hall–Kier alpha value is -3.09. The topological polar surface area (TPSA) is 89.6 Å². The van der Waals surface area contributed by atoms with Gasteiger partial charge in [-0.2, -0.15) is 0 Å². The van der Waals surface area contributed by atoms with Crippen molar-refractivity contribution in [3.8, 4) is 11.5 Å². The highest BCUT2D eigenvalue weighted by molar-refractivity contribution is 6.06. The van der Waals surface area contributed by atoms with Gasteiger partial charge in [0.15, 0.2) is 0 Å². The molecule has 7 nitrogen and oxygen atoms in total. The quantitative estimate of drug-likeness (QED) is 0.841. The van der Waals surface area contributed by atoms with Crippen molar-refractivity contribution in [2.24, 2.45) is 0 Å². The Morgan fingerprint density at radius 2 is 1.76 bits per heavy atom. The van der Waals surface area contributed by atoms with Gasteiger partial charge < -0.3 is 20.1 Å². The van der Waals surface area contributed by atoms with E-state index in [0.717, 1.165) is 12.8 Å². The lowest BCUT2D eigenvalue weighted by atomic mass is 10.1. The van der Waals surface area contributed by atoms with Crippen molar-refractivity contribution in [3.63, 3.8) is 0 Å². The molecule has 1 aromatic carbocycles. The van der Waals surface area contributed by atoms with Crippen molar-refractivity contribution < 1.29 is 19.1 Å². The summed E-state index contributed by atoms with van der Waals surface area (Å²) < 4.78 is 10.4. The number of amides is 2. The molecule has 1 aromatic heterocycles. The SMILES string of the molecule is COc1ccc(OC)c(NC(=O)c2cncc(C(=O)NC3CC3)c2)c1. The fraction of sp³-hybridized carbons (Fsp3) is 0.278. The zero-order chi connectivity index (χ0) is 17.8. The van der Waals surface area contributed by atoms with Gasteiger partial charge in [-0.15, -0.1) is 0 Å². The average Bonchev–Trinajstić information content (AvgIpc) is 3.45. The summed E-state index contributed by atoms with van der Waals surface area (Å²) >= 11 is 0. The first-order valence-electron chi connectivity index (χ1n) is 7.90. The third-order valence-electron chi connectivity index (χ3n) is 3.83. The molecule has 130 valence electrons. The summed E-state index contributed by atoms with van der Waals surface area (Å²) in [4.78, 5) is 28.6. The molecule has 0 unspecified atom stereocenters. The van der Waals surface area contributed by atoms with E-state index in [1.807, 2.05) is 0 Å². The minimum atomic E-state index is -0.389. The molecular weight excluding hydrogens is 322 g/mol. The number of benzene rings is 1. The molecule has 0 atom stereocenters. The van der Waals surface area contributed by atoms with Crippen molar-refractivity contribution in [1.29, 1.82) is 0 Å². The van der Waals surface area contributed by atoms with Gasteiger partial charge in [-0.05, 0) is 31.0 Å². The maximum absolute atomic E-state index is 12.5. The van der Waals surface area contributed by atoms with E-state index >= 15 is 0 Å². The van der Waals surface area contributed by atoms with E-state index < -0.39 is 0 Å². The number of carbonyl (C=O) groups is 2. The van der Waals surface area contributed by atoms with Gasteiger partial charge in [-0.25, -0.2) is 0 Å². The second-order valence-corrected chi connectivity index (χ2v) is 5.73. The molecule has 2 N–H and O–H groups in total. The van der Waals surface area contributed by atoms with Gasteiger partial charge in [0.1, 0.15) is 11.5 Å². The van der Waals surface area contributed by atoms with E-state index in [-0.39, 0.29) is 23.4 Å². The van der Waals surface area contributed by atoms with Crippen LogP contribution in [0.15, 0.2) is 36.7 Å². The highest BCUT2D eigenvalue weighted by Gasteiger charge is 2.24. The molecule has 25 heavy (non-hydrogen) atoms. The lowest BCUT2D eigenvalue weighted by Crippen LogP contribution is -2.26. The van der Waals surface area contributed by atoms with Gasteiger partial charge in [-0.1, -0.05) is 0 Å². The molecule has 1 fully saturated rings. The molecule has 0 spiro atoms. The molecule has 0 bridgehead atoms. The van der Waals surface area contributed by atoms with Crippen LogP contribution < -0.4 is 20.1 Å². The van der Waals surface area contributed by atoms with E-state index in [9.17, 15) is 9.59 Å². The summed E-state index contributed by atoms with van der Waals surface area (Å²) in [6.07, 6.45) is 4.85. The molecule has 0 saturated heterocycles. The number of nitrogens with zero attached hydrogens (tertiary/aromatic N) is 1. The minimum absolute atomic E-state index is 0.219. The Bertz CT molecular complexity index is 803. The van der Waals surface area contributed by atoms with E-state index in [2.05, 4.69) is 15.6 Å². The fourth-order valence-corrected chi connectivity index (χ4v) is 2.29. The Morgan fingerprint density at radius 1 is 1.04 bits per heavy atom. The molecule has 3 rings (SSSR count). The molecule has 1 heterocycles. The fourth-order valence-electron chi connectivity index (χ4n) is 2.29. The van der Waals surface area contributed by atoms with Crippen molar-refractivity contribution in [2.45, 2.75) is 18.9 Å². The number of hydrogen-bond donors (Lipinski definition) is 2. The maximum Gasteiger partial charge on any atom is 0.257 e. The largest absolute Gasteiger partial charge is 0.497 e. The Labute approximate surface area is 145 Å². The van der Waals surface area contributed by atoms with E-state index in [1.54, 1.807) is 25.3 Å². The molecule has 1 saturated carbocycles. The summed E-state index contributed by atoms with van der Waals surface area (Å²) in [5.74, 6) is 0.486. The van der Waals surface area contributed by atoms with E-state index in [0.29, 0.717) is 22.7 Å². The summed E-state index contributed by atoms with van der Waals surface area (Å²) in [7, 11) is 3.06. The van der Waals surface area contributed by atoms with Crippen LogP contribution in [0, 0.1) is 0 Å². The highest BCUT2D eigenvalue weighted by atomic mass is 16.5. The molecule has 2 amide bonds. The monoisotopic (exact) mass is 341 g/mol. The number of methoxy groups -OCH3 is 2. The zero-order valence-corrected chi connectivity index (χ0v) is 14.0. The van der Waals surface area contributed by atoms with Crippen LogP contribution >= 0.6 is 0 Å². The number of rotatable bonds is 6. The number of carbonyl (C=O) groups excluding carboxylic acids is 2. The van der Waals surface area contributed by atoms with Gasteiger partial charge in [0.2, 0.25) is 0 Å². The normalized spacial score (nSPS) is 13.0. The Balaban J connectivity index is 1.78. The second-order valence-electron chi connectivity index (χ2n) is 5.73. The lowest BCUT2D eigenvalue weighted by molar-refractivity contribution is 0.0950. The second kappa shape index (κ2) is 7.21. The van der Waals surface area contributed by atoms with Gasteiger partial charge >= 0.3 is 0 Å². The minimum Gasteiger partial charge on any atom is -0.497 e. The molecule has 0 aliphatic heterocycles. The van der Waals surface area contributed by atoms with E-state index in [4.69, 9.17) is 9.47 Å². The number of pyridine rings is 1. The van der Waals surface area contributed by atoms with E-state index in [1.165, 1.54) is 25.6 Å². The molecular formula is C18H19N3O4. The van der Waals surface area contributed by atoms with Crippen molar-refractivity contribution >= 4 is 17.5 Å². The van der Waals surface area contributed by atoms with Gasteiger partial charge in [0.25, 0.3) is 11.8 Å². The van der Waals surface area contributed by atoms with Gasteiger partial charge in [-0.3, -0.25) is 14.6 Å². The summed E-state index contributed by atoms with van der Waals surface area (Å²) in [5.41, 5.74) is 1.12. The predicted octanol–water partition coefficient (Wildman–Crippen LogP) is 2.24. The summed E-state index contributed by atoms with van der Waals surface area (Å²) in [6, 6.07) is 6.86. The van der Waals surface area contributed by atoms with Crippen LogP contribution in [-0.4, -0.2) is 37.1 Å². The molecule has 0 radical (unpaired) electrons. The van der Waals surface area contributed by atoms with Crippen LogP contribution in [-0.2, 0) is 0 Å². The molecule has 7 heteroatoms. The Kier molecular flexibility index (Phi) is 4.83.